The molecule has 1 saturated heterocycles. The molecule has 1 fully saturated rings. The van der Waals surface area contributed by atoms with Crippen molar-refractivity contribution in [2.75, 3.05) is 19.6 Å². The lowest BCUT2D eigenvalue weighted by molar-refractivity contribution is -0.138. The van der Waals surface area contributed by atoms with Crippen molar-refractivity contribution in [3.05, 3.63) is 29.6 Å². The zero-order chi connectivity index (χ0) is 14.8. The molecule has 0 bridgehead atoms. The van der Waals surface area contributed by atoms with E-state index in [0.29, 0.717) is 25.8 Å². The fraction of sp³-hybridized carbons (Fsp3) is 0.538. The standard InChI is InChI=1S/C13H16F3N3O/c1-2-9-8-19(6-5-18-9)12(20)10-3-4-17-7-11(10)13(14,15)16/h3-4,7,9,18H,2,5-6,8H2,1H3/t9-/m1/s1. The van der Waals surface area contributed by atoms with Gasteiger partial charge in [-0.2, -0.15) is 13.2 Å². The molecule has 1 aliphatic rings. The summed E-state index contributed by atoms with van der Waals surface area (Å²) < 4.78 is 38.7. The third-order valence-electron chi connectivity index (χ3n) is 3.39. The lowest BCUT2D eigenvalue weighted by Gasteiger charge is -2.33. The molecular weight excluding hydrogens is 271 g/mol. The number of carbonyl (C=O) groups excluding carboxylic acids is 1. The van der Waals surface area contributed by atoms with Gasteiger partial charge in [-0.3, -0.25) is 9.78 Å². The van der Waals surface area contributed by atoms with Gasteiger partial charge in [-0.1, -0.05) is 6.92 Å². The molecule has 2 rings (SSSR count). The Morgan fingerprint density at radius 2 is 2.30 bits per heavy atom. The Balaban J connectivity index is 2.25. The van der Waals surface area contributed by atoms with Crippen LogP contribution >= 0.6 is 0 Å². The zero-order valence-electron chi connectivity index (χ0n) is 11.1. The van der Waals surface area contributed by atoms with Gasteiger partial charge in [0.25, 0.3) is 5.91 Å². The summed E-state index contributed by atoms with van der Waals surface area (Å²) in [6, 6.07) is 1.26. The first-order valence-electron chi connectivity index (χ1n) is 6.47. The molecule has 0 radical (unpaired) electrons. The molecule has 0 spiro atoms. The number of halogens is 3. The number of hydrogen-bond acceptors (Lipinski definition) is 3. The summed E-state index contributed by atoms with van der Waals surface area (Å²) in [5.41, 5.74) is -1.30. The van der Waals surface area contributed by atoms with Crippen LogP contribution in [0.25, 0.3) is 0 Å². The van der Waals surface area contributed by atoms with Crippen molar-refractivity contribution < 1.29 is 18.0 Å². The maximum absolute atomic E-state index is 12.9. The van der Waals surface area contributed by atoms with Crippen LogP contribution < -0.4 is 5.32 Å². The SMILES string of the molecule is CC[C@@H]1CN(C(=O)c2ccncc2C(F)(F)F)CCN1. The summed E-state index contributed by atoms with van der Waals surface area (Å²) in [7, 11) is 0. The number of hydrogen-bond donors (Lipinski definition) is 1. The normalized spacial score (nSPS) is 20.0. The Labute approximate surface area is 115 Å². The summed E-state index contributed by atoms with van der Waals surface area (Å²) >= 11 is 0. The van der Waals surface area contributed by atoms with Gasteiger partial charge in [0.1, 0.15) is 0 Å². The van der Waals surface area contributed by atoms with E-state index in [9.17, 15) is 18.0 Å². The third-order valence-corrected chi connectivity index (χ3v) is 3.39. The molecule has 0 aliphatic carbocycles. The topological polar surface area (TPSA) is 45.2 Å². The maximum Gasteiger partial charge on any atom is 0.418 e. The summed E-state index contributed by atoms with van der Waals surface area (Å²) in [6.07, 6.45) is -1.83. The van der Waals surface area contributed by atoms with Gasteiger partial charge in [0.2, 0.25) is 0 Å². The molecule has 7 heteroatoms. The lowest BCUT2D eigenvalue weighted by atomic mass is 10.1. The number of aromatic nitrogens is 1. The maximum atomic E-state index is 12.9. The Morgan fingerprint density at radius 1 is 1.55 bits per heavy atom. The highest BCUT2D eigenvalue weighted by atomic mass is 19.4. The van der Waals surface area contributed by atoms with Crippen LogP contribution in [0.4, 0.5) is 13.2 Å². The number of pyridine rings is 1. The smallest absolute Gasteiger partial charge is 0.336 e. The fourth-order valence-corrected chi connectivity index (χ4v) is 2.26. The second-order valence-corrected chi connectivity index (χ2v) is 4.73. The van der Waals surface area contributed by atoms with Crippen LogP contribution in [-0.2, 0) is 6.18 Å². The average Bonchev–Trinajstić information content (AvgIpc) is 2.45. The van der Waals surface area contributed by atoms with Crippen LogP contribution in [-0.4, -0.2) is 41.5 Å². The second-order valence-electron chi connectivity index (χ2n) is 4.73. The number of piperazine rings is 1. The van der Waals surface area contributed by atoms with Crippen LogP contribution in [0.3, 0.4) is 0 Å². The molecule has 1 aromatic heterocycles. The number of carbonyl (C=O) groups is 1. The van der Waals surface area contributed by atoms with E-state index in [1.165, 1.54) is 11.1 Å². The van der Waals surface area contributed by atoms with Gasteiger partial charge in [-0.25, -0.2) is 0 Å². The van der Waals surface area contributed by atoms with E-state index in [0.717, 1.165) is 12.5 Å². The Morgan fingerprint density at radius 3 is 2.95 bits per heavy atom. The van der Waals surface area contributed by atoms with E-state index >= 15 is 0 Å². The van der Waals surface area contributed by atoms with E-state index in [-0.39, 0.29) is 11.6 Å². The van der Waals surface area contributed by atoms with Gasteiger partial charge in [0.05, 0.1) is 11.1 Å². The average molecular weight is 287 g/mol. The Hall–Kier alpha value is -1.63. The lowest BCUT2D eigenvalue weighted by Crippen LogP contribution is -2.52. The van der Waals surface area contributed by atoms with Crippen molar-refractivity contribution >= 4 is 5.91 Å². The predicted molar refractivity (Wildman–Crippen MR) is 67.2 cm³/mol. The third kappa shape index (κ3) is 3.09. The number of rotatable bonds is 2. The van der Waals surface area contributed by atoms with Crippen LogP contribution in [0.5, 0.6) is 0 Å². The minimum Gasteiger partial charge on any atom is -0.336 e. The second kappa shape index (κ2) is 5.78. The number of nitrogens with zero attached hydrogens (tertiary/aromatic N) is 2. The summed E-state index contributed by atoms with van der Waals surface area (Å²) in [4.78, 5) is 17.2. The molecular formula is C13H16F3N3O. The Kier molecular flexibility index (Phi) is 4.27. The van der Waals surface area contributed by atoms with Gasteiger partial charge in [-0.15, -0.1) is 0 Å². The molecule has 1 amide bonds. The van der Waals surface area contributed by atoms with E-state index in [1.54, 1.807) is 0 Å². The van der Waals surface area contributed by atoms with E-state index in [2.05, 4.69) is 10.3 Å². The van der Waals surface area contributed by atoms with Crippen molar-refractivity contribution in [3.63, 3.8) is 0 Å². The highest BCUT2D eigenvalue weighted by Crippen LogP contribution is 2.31. The molecule has 1 N–H and O–H groups in total. The summed E-state index contributed by atoms with van der Waals surface area (Å²) in [5.74, 6) is -0.584. The van der Waals surface area contributed by atoms with Gasteiger partial charge in [0, 0.05) is 38.1 Å². The van der Waals surface area contributed by atoms with Crippen molar-refractivity contribution in [3.8, 4) is 0 Å². The first-order chi connectivity index (χ1) is 9.43. The quantitative estimate of drug-likeness (QED) is 0.904. The molecule has 2 heterocycles. The van der Waals surface area contributed by atoms with Gasteiger partial charge in [0.15, 0.2) is 0 Å². The highest BCUT2D eigenvalue weighted by molar-refractivity contribution is 5.95. The van der Waals surface area contributed by atoms with Crippen molar-refractivity contribution in [1.29, 1.82) is 0 Å². The van der Waals surface area contributed by atoms with Crippen molar-refractivity contribution in [2.45, 2.75) is 25.6 Å². The molecule has 0 aromatic carbocycles. The highest BCUT2D eigenvalue weighted by Gasteiger charge is 2.37. The molecule has 110 valence electrons. The first-order valence-corrected chi connectivity index (χ1v) is 6.47. The van der Waals surface area contributed by atoms with Crippen molar-refractivity contribution in [2.24, 2.45) is 0 Å². The number of nitrogens with one attached hydrogen (secondary N) is 1. The monoisotopic (exact) mass is 287 g/mol. The fourth-order valence-electron chi connectivity index (χ4n) is 2.26. The van der Waals surface area contributed by atoms with Crippen LogP contribution in [0.2, 0.25) is 0 Å². The zero-order valence-corrected chi connectivity index (χ0v) is 11.1. The van der Waals surface area contributed by atoms with Crippen LogP contribution in [0.15, 0.2) is 18.5 Å². The van der Waals surface area contributed by atoms with E-state index in [1.807, 2.05) is 6.92 Å². The van der Waals surface area contributed by atoms with Gasteiger partial charge in [-0.05, 0) is 12.5 Å². The van der Waals surface area contributed by atoms with E-state index in [4.69, 9.17) is 0 Å². The Bertz CT molecular complexity index is 490. The molecule has 1 aromatic rings. The summed E-state index contributed by atoms with van der Waals surface area (Å²) in [5, 5.41) is 3.22. The molecule has 0 saturated carbocycles. The minimum atomic E-state index is -4.57. The van der Waals surface area contributed by atoms with E-state index < -0.39 is 17.6 Å². The van der Waals surface area contributed by atoms with Crippen LogP contribution in [0.1, 0.15) is 29.3 Å². The molecule has 1 atom stereocenters. The predicted octanol–water partition coefficient (Wildman–Crippen LogP) is 1.92. The first kappa shape index (κ1) is 14.8. The number of alkyl halides is 3. The molecule has 4 nitrogen and oxygen atoms in total. The van der Waals surface area contributed by atoms with Gasteiger partial charge < -0.3 is 10.2 Å². The van der Waals surface area contributed by atoms with Gasteiger partial charge >= 0.3 is 6.18 Å². The summed E-state index contributed by atoms with van der Waals surface area (Å²) in [6.45, 7) is 3.40. The van der Waals surface area contributed by atoms with Crippen LogP contribution in [0, 0.1) is 0 Å². The number of amides is 1. The molecule has 20 heavy (non-hydrogen) atoms. The largest absolute Gasteiger partial charge is 0.418 e. The van der Waals surface area contributed by atoms with Crippen molar-refractivity contribution in [1.82, 2.24) is 15.2 Å². The molecule has 1 aliphatic heterocycles. The molecule has 0 unspecified atom stereocenters. The minimum absolute atomic E-state index is 0.129.